The number of hydrogen-bond acceptors (Lipinski definition) is 2. The summed E-state index contributed by atoms with van der Waals surface area (Å²) in [5, 5.41) is 0. The molecule has 82 valence electrons. The molecule has 0 spiro atoms. The van der Waals surface area contributed by atoms with Gasteiger partial charge in [0.1, 0.15) is 0 Å². The van der Waals surface area contributed by atoms with E-state index in [-0.39, 0.29) is 5.78 Å². The Balaban J connectivity index is 2.41. The Morgan fingerprint density at radius 3 is 2.50 bits per heavy atom. The van der Waals surface area contributed by atoms with Crippen LogP contribution >= 0.6 is 27.3 Å². The molecule has 0 bridgehead atoms. The molecule has 16 heavy (non-hydrogen) atoms. The third-order valence-electron chi connectivity index (χ3n) is 2.40. The molecular formula is C13H11BrOS. The van der Waals surface area contributed by atoms with Crippen LogP contribution < -0.4 is 0 Å². The molecule has 0 aliphatic rings. The molecule has 0 N–H and O–H groups in total. The number of thiophene rings is 1. The van der Waals surface area contributed by atoms with E-state index >= 15 is 0 Å². The zero-order chi connectivity index (χ0) is 11.7. The predicted octanol–water partition coefficient (Wildman–Crippen LogP) is 4.36. The van der Waals surface area contributed by atoms with Gasteiger partial charge in [0, 0.05) is 14.9 Å². The molecule has 0 fully saturated rings. The number of halogens is 1. The van der Waals surface area contributed by atoms with Crippen molar-refractivity contribution in [2.24, 2.45) is 0 Å². The molecule has 0 unspecified atom stereocenters. The summed E-state index contributed by atoms with van der Waals surface area (Å²) in [5.74, 6) is 0.114. The van der Waals surface area contributed by atoms with Crippen LogP contribution in [0.2, 0.25) is 0 Å². The molecule has 1 aromatic carbocycles. The fourth-order valence-electron chi connectivity index (χ4n) is 1.57. The van der Waals surface area contributed by atoms with Crippen LogP contribution in [0, 0.1) is 13.8 Å². The molecule has 0 saturated heterocycles. The Hall–Kier alpha value is -0.930. The molecule has 1 aromatic heterocycles. The number of ketones is 1. The molecular weight excluding hydrogens is 284 g/mol. The lowest BCUT2D eigenvalue weighted by molar-refractivity contribution is 0.104. The van der Waals surface area contributed by atoms with Crippen LogP contribution in [0.25, 0.3) is 0 Å². The molecule has 0 saturated carbocycles. The van der Waals surface area contributed by atoms with Crippen molar-refractivity contribution in [3.05, 3.63) is 55.7 Å². The van der Waals surface area contributed by atoms with Crippen molar-refractivity contribution >= 4 is 33.0 Å². The van der Waals surface area contributed by atoms with Crippen LogP contribution in [0.1, 0.15) is 25.7 Å². The monoisotopic (exact) mass is 294 g/mol. The summed E-state index contributed by atoms with van der Waals surface area (Å²) in [7, 11) is 0. The maximum atomic E-state index is 12.2. The van der Waals surface area contributed by atoms with Gasteiger partial charge in [-0.15, -0.1) is 11.3 Å². The molecule has 0 amide bonds. The molecule has 1 nitrogen and oxygen atoms in total. The van der Waals surface area contributed by atoms with Crippen LogP contribution in [-0.4, -0.2) is 5.78 Å². The SMILES string of the molecule is Cc1ccc(C(=O)c2ccc(Br)cc2C)s1. The molecule has 2 aromatic rings. The summed E-state index contributed by atoms with van der Waals surface area (Å²) >= 11 is 4.94. The van der Waals surface area contributed by atoms with Crippen molar-refractivity contribution in [2.45, 2.75) is 13.8 Å². The summed E-state index contributed by atoms with van der Waals surface area (Å²) in [6, 6.07) is 9.61. The van der Waals surface area contributed by atoms with Crippen LogP contribution in [0.15, 0.2) is 34.8 Å². The van der Waals surface area contributed by atoms with Crippen molar-refractivity contribution in [1.82, 2.24) is 0 Å². The minimum atomic E-state index is 0.114. The first kappa shape index (κ1) is 11.6. The zero-order valence-electron chi connectivity index (χ0n) is 9.08. The molecule has 0 radical (unpaired) electrons. The van der Waals surface area contributed by atoms with Crippen molar-refractivity contribution in [3.8, 4) is 0 Å². The van der Waals surface area contributed by atoms with Gasteiger partial charge in [-0.25, -0.2) is 0 Å². The first-order chi connectivity index (χ1) is 7.58. The van der Waals surface area contributed by atoms with Gasteiger partial charge < -0.3 is 0 Å². The summed E-state index contributed by atoms with van der Waals surface area (Å²) in [6.45, 7) is 3.97. The predicted molar refractivity (Wildman–Crippen MR) is 71.4 cm³/mol. The Morgan fingerprint density at radius 2 is 1.94 bits per heavy atom. The first-order valence-electron chi connectivity index (χ1n) is 4.95. The van der Waals surface area contributed by atoms with E-state index in [1.165, 1.54) is 0 Å². The average molecular weight is 295 g/mol. The van der Waals surface area contributed by atoms with E-state index in [2.05, 4.69) is 15.9 Å². The van der Waals surface area contributed by atoms with Gasteiger partial charge >= 0.3 is 0 Å². The minimum Gasteiger partial charge on any atom is -0.288 e. The van der Waals surface area contributed by atoms with E-state index in [9.17, 15) is 4.79 Å². The van der Waals surface area contributed by atoms with E-state index in [1.807, 2.05) is 44.2 Å². The van der Waals surface area contributed by atoms with Crippen molar-refractivity contribution in [2.75, 3.05) is 0 Å². The Morgan fingerprint density at radius 1 is 1.19 bits per heavy atom. The van der Waals surface area contributed by atoms with Crippen molar-refractivity contribution in [3.63, 3.8) is 0 Å². The van der Waals surface area contributed by atoms with Crippen LogP contribution in [0.5, 0.6) is 0 Å². The topological polar surface area (TPSA) is 17.1 Å². The second kappa shape index (κ2) is 4.52. The van der Waals surface area contributed by atoms with E-state index in [1.54, 1.807) is 11.3 Å². The smallest absolute Gasteiger partial charge is 0.203 e. The molecule has 0 atom stereocenters. The maximum absolute atomic E-state index is 12.2. The van der Waals surface area contributed by atoms with Gasteiger partial charge in [-0.2, -0.15) is 0 Å². The number of carbonyl (C=O) groups is 1. The highest BCUT2D eigenvalue weighted by Crippen LogP contribution is 2.22. The van der Waals surface area contributed by atoms with E-state index in [4.69, 9.17) is 0 Å². The highest BCUT2D eigenvalue weighted by Gasteiger charge is 2.13. The van der Waals surface area contributed by atoms with Gasteiger partial charge in [-0.1, -0.05) is 15.9 Å². The second-order valence-electron chi connectivity index (χ2n) is 3.70. The third kappa shape index (κ3) is 2.25. The highest BCUT2D eigenvalue weighted by molar-refractivity contribution is 9.10. The van der Waals surface area contributed by atoms with Crippen LogP contribution in [0.3, 0.4) is 0 Å². The molecule has 0 aliphatic carbocycles. The van der Waals surface area contributed by atoms with Crippen molar-refractivity contribution < 1.29 is 4.79 Å². The molecule has 3 heteroatoms. The zero-order valence-corrected chi connectivity index (χ0v) is 11.5. The number of aryl methyl sites for hydroxylation is 2. The highest BCUT2D eigenvalue weighted by atomic mass is 79.9. The lowest BCUT2D eigenvalue weighted by atomic mass is 10.0. The van der Waals surface area contributed by atoms with E-state index < -0.39 is 0 Å². The second-order valence-corrected chi connectivity index (χ2v) is 5.90. The van der Waals surface area contributed by atoms with Crippen LogP contribution in [-0.2, 0) is 0 Å². The normalized spacial score (nSPS) is 10.4. The lowest BCUT2D eigenvalue weighted by Crippen LogP contribution is -2.01. The van der Waals surface area contributed by atoms with Gasteiger partial charge in [-0.05, 0) is 49.7 Å². The van der Waals surface area contributed by atoms with Crippen molar-refractivity contribution in [1.29, 1.82) is 0 Å². The Bertz CT molecular complexity index is 543. The number of carbonyl (C=O) groups excluding carboxylic acids is 1. The van der Waals surface area contributed by atoms with Gasteiger partial charge in [0.2, 0.25) is 5.78 Å². The maximum Gasteiger partial charge on any atom is 0.203 e. The fraction of sp³-hybridized carbons (Fsp3) is 0.154. The Kier molecular flexibility index (Phi) is 3.26. The van der Waals surface area contributed by atoms with Crippen LogP contribution in [0.4, 0.5) is 0 Å². The standard InChI is InChI=1S/C13H11BrOS/c1-8-7-10(14)4-5-11(8)13(15)12-6-3-9(2)16-12/h3-7H,1-2H3. The molecule has 2 rings (SSSR count). The third-order valence-corrected chi connectivity index (χ3v) is 3.89. The quantitative estimate of drug-likeness (QED) is 0.752. The number of rotatable bonds is 2. The van der Waals surface area contributed by atoms with Gasteiger partial charge in [0.05, 0.1) is 4.88 Å². The van der Waals surface area contributed by atoms with E-state index in [0.29, 0.717) is 0 Å². The van der Waals surface area contributed by atoms with Gasteiger partial charge in [0.25, 0.3) is 0 Å². The average Bonchev–Trinajstić information content (AvgIpc) is 2.64. The Labute approximate surface area is 107 Å². The summed E-state index contributed by atoms with van der Waals surface area (Å²) in [6.07, 6.45) is 0. The summed E-state index contributed by atoms with van der Waals surface area (Å²) in [4.78, 5) is 14.2. The minimum absolute atomic E-state index is 0.114. The first-order valence-corrected chi connectivity index (χ1v) is 6.56. The number of hydrogen-bond donors (Lipinski definition) is 0. The number of benzene rings is 1. The van der Waals surface area contributed by atoms with Gasteiger partial charge in [0.15, 0.2) is 0 Å². The van der Waals surface area contributed by atoms with Gasteiger partial charge in [-0.3, -0.25) is 4.79 Å². The lowest BCUT2D eigenvalue weighted by Gasteiger charge is -2.03. The largest absolute Gasteiger partial charge is 0.288 e. The van der Waals surface area contributed by atoms with E-state index in [0.717, 1.165) is 25.4 Å². The summed E-state index contributed by atoms with van der Waals surface area (Å²) < 4.78 is 1.00. The molecule has 1 heterocycles. The molecule has 0 aliphatic heterocycles. The fourth-order valence-corrected chi connectivity index (χ4v) is 2.87. The summed E-state index contributed by atoms with van der Waals surface area (Å²) in [5.41, 5.74) is 1.79.